The molecule has 6 aromatic carbocycles. The molecule has 125 heavy (non-hydrogen) atoms. The Kier molecular flexibility index (Phi) is 48.2. The van der Waals surface area contributed by atoms with Crippen molar-refractivity contribution in [3.63, 3.8) is 0 Å². The molecule has 0 aliphatic carbocycles. The molecule has 13 N–H and O–H groups in total. The maximum Gasteiger partial charge on any atom is 1.00 e. The molecule has 0 aliphatic rings. The van der Waals surface area contributed by atoms with Crippen LogP contribution in [0.1, 0.15) is 38.0 Å². The molecule has 9 heterocycles. The number of nitrogens with zero attached hydrogens (tertiary/aromatic N) is 16. The second kappa shape index (κ2) is 55.9. The Balaban J connectivity index is 0.000000751. The summed E-state index contributed by atoms with van der Waals surface area (Å²) in [4.78, 5) is 126. The summed E-state index contributed by atoms with van der Waals surface area (Å²) in [5.41, 5.74) is 16.6. The number of ether oxygens (including phenoxy) is 5. The standard InChI is InChI=1S/C20H16FN5O.C14H12BrN5O.C13H9BrN4O2.C13H8BrN3O3.C8H9BrN2O2.C5H4N2O2.C2H4Cl2.CH3F.CH2O3.CH4.H3N.2Na.H2O.H/c1-22-19-15-9-13(12-3-5-14(21)6-4-12)10-17(27-2)18(15)25-20(26-19)16-11-23-7-8-24-16;1-16-13-9-5-8(15)6-11(21-2)12(9)19-14(20-13)10-7-17-3-4-18-10;1-20-10-5-7(14)4-8-11(10)17-12(18-13(8)19)9-6-15-2-3-16-9;1-19-10-5-7(14)4-8-11(10)17-12(20-13(8)18)9-6-15-2-3-16-9;1-13-6-3-4(9)2-5(7(6)10)8(11)12;8-5(9)4-3-6-1-2-7-4;1-2(3)4;1-2;2-1-4-3;;;;;;/h3-11H,1-2H3,(H,22,25,26);3-7H,1-2H3,(H,16,19,20);2-6H,1H3,(H,17,18,19);2-6H,1H3;2-3H,10H2,1H3,(H2,11,12);1-3H,(H,8,9);2H,1H3;1H3;1,3H;1H4;1H3;;;1H2;/q;;;;;;;;;;;2*+1;;-1/p-1/i;;;;;;;;;1D;;;;;. The maximum absolute atomic E-state index is 13.3. The zero-order valence-corrected chi connectivity index (χ0v) is 80.0. The number of fused-ring (bicyclic) bond motifs is 4. The number of carboxylic acids is 1. The Hall–Kier alpha value is -11.3. The van der Waals surface area contributed by atoms with E-state index in [9.17, 15) is 28.0 Å². The van der Waals surface area contributed by atoms with E-state index in [1.807, 2.05) is 31.3 Å². The number of halogens is 8. The van der Waals surface area contributed by atoms with Gasteiger partial charge in [0.05, 0.1) is 95.7 Å². The summed E-state index contributed by atoms with van der Waals surface area (Å²) in [6, 6.07) is 24.0. The molecular weight excluding hydrogens is 1960 g/mol. The molecule has 0 radical (unpaired) electrons. The molecule has 0 unspecified atom stereocenters. The molecular formula is C78H76Br4Cl2F2N22Na2O15. The number of aromatic amines is 1. The molecule has 37 nitrogen and oxygen atoms in total. The van der Waals surface area contributed by atoms with Crippen LogP contribution in [-0.4, -0.2) is 175 Å². The Morgan fingerprint density at radius 2 is 0.944 bits per heavy atom. The number of primary amides is 1. The van der Waals surface area contributed by atoms with Crippen molar-refractivity contribution in [3.05, 3.63) is 234 Å². The molecule has 0 fully saturated rings. The molecule has 0 aliphatic heterocycles. The number of carboxylic acid groups (broad SMARTS) is 1. The van der Waals surface area contributed by atoms with E-state index in [0.717, 1.165) is 36.4 Å². The Bertz CT molecular complexity index is 5970. The molecule has 47 heteroatoms. The first-order chi connectivity index (χ1) is 58.8. The minimum atomic E-state index is -1.05. The largest absolute Gasteiger partial charge is 1.00 e. The predicted octanol–water partition coefficient (Wildman–Crippen LogP) is 7.65. The average Bonchev–Trinajstić information content (AvgIpc) is 0.759. The van der Waals surface area contributed by atoms with Crippen molar-refractivity contribution in [2.75, 3.05) is 73.2 Å². The summed E-state index contributed by atoms with van der Waals surface area (Å²) < 4.78 is 63.2. The molecule has 1 amide bonds. The van der Waals surface area contributed by atoms with E-state index < -0.39 is 17.5 Å². The number of alkyl halides is 3. The number of rotatable bonds is 15. The first-order valence-corrected chi connectivity index (χ1v) is 37.7. The number of hydrogen-bond acceptors (Lipinski definition) is 33. The predicted molar refractivity (Wildman–Crippen MR) is 474 cm³/mol. The maximum atomic E-state index is 13.3. The van der Waals surface area contributed by atoms with Gasteiger partial charge in [-0.25, -0.2) is 68.8 Å². The fourth-order valence-corrected chi connectivity index (χ4v) is 11.7. The summed E-state index contributed by atoms with van der Waals surface area (Å²) in [5, 5.41) is 25.4. The van der Waals surface area contributed by atoms with Crippen molar-refractivity contribution in [2.24, 2.45) is 5.73 Å². The summed E-state index contributed by atoms with van der Waals surface area (Å²) in [5.74, 6) is 3.56. The van der Waals surface area contributed by atoms with Crippen LogP contribution < -0.4 is 127 Å². The van der Waals surface area contributed by atoms with E-state index in [0.29, 0.717) is 124 Å². The summed E-state index contributed by atoms with van der Waals surface area (Å²) in [7, 11) is 13.1. The Morgan fingerprint density at radius 1 is 0.568 bits per heavy atom. The van der Waals surface area contributed by atoms with Crippen LogP contribution in [0.3, 0.4) is 0 Å². The van der Waals surface area contributed by atoms with Crippen molar-refractivity contribution in [1.29, 1.82) is 0 Å². The number of hydrogen-bond donors (Lipinski definition) is 7. The SMILES string of the molecule is CC(Cl)Cl.CF.CNc1nc(-c2cnccn2)nc2c(OC)cc(-c3ccc(F)cc3)cc12.CNc1nc(-c2cnccn2)nc2c(OC)cc(Br)cc12.COc1cc(Br)cc(C(N)=O)c1N.COc1cc(Br)cc2c(=O)[nH]c(-c3cnccn3)nc12.COc1cc(Br)cc2c(=O)oc(-c3cnccn3)nc12.N.O.O=C(O)c1cnccn1.O=CO[O-].[2H]C.[H-].[Na+].[Na+]. The zero-order valence-electron chi connectivity index (χ0n) is 70.2. The molecule has 646 valence electrons. The van der Waals surface area contributed by atoms with E-state index in [1.165, 1.54) is 84.2 Å². The van der Waals surface area contributed by atoms with Crippen LogP contribution in [0.5, 0.6) is 28.7 Å². The van der Waals surface area contributed by atoms with Gasteiger partial charge in [0.15, 0.2) is 23.2 Å². The van der Waals surface area contributed by atoms with Gasteiger partial charge in [-0.2, -0.15) is 0 Å². The number of amides is 1. The van der Waals surface area contributed by atoms with Crippen molar-refractivity contribution >= 4 is 166 Å². The van der Waals surface area contributed by atoms with Gasteiger partial charge in [0, 0.05) is 106 Å². The van der Waals surface area contributed by atoms with Crippen molar-refractivity contribution in [3.8, 4) is 86.0 Å². The van der Waals surface area contributed by atoms with Gasteiger partial charge in [-0.3, -0.25) is 43.7 Å². The van der Waals surface area contributed by atoms with Gasteiger partial charge in [-0.1, -0.05) is 83.3 Å². The van der Waals surface area contributed by atoms with Gasteiger partial charge < -0.3 is 83.5 Å². The van der Waals surface area contributed by atoms with Crippen LogP contribution in [-0.2, 0) is 9.68 Å². The van der Waals surface area contributed by atoms with E-state index in [1.54, 1.807) is 126 Å². The molecule has 15 aromatic rings. The quantitative estimate of drug-likeness (QED) is 0.0129. The number of aromatic carboxylic acids is 1. The van der Waals surface area contributed by atoms with E-state index in [2.05, 4.69) is 164 Å². The number of benzene rings is 6. The normalized spacial score (nSPS) is 9.74. The van der Waals surface area contributed by atoms with Crippen LogP contribution in [0.4, 0.5) is 26.1 Å². The molecule has 0 spiro atoms. The van der Waals surface area contributed by atoms with Crippen molar-refractivity contribution < 1.29 is 134 Å². The van der Waals surface area contributed by atoms with Crippen LogP contribution in [0.25, 0.3) is 101 Å². The second-order valence-corrected chi connectivity index (χ2v) is 27.7. The number of nitrogens with one attached hydrogen (secondary N) is 3. The van der Waals surface area contributed by atoms with E-state index >= 15 is 0 Å². The number of nitrogens with two attached hydrogens (primary N) is 2. The van der Waals surface area contributed by atoms with Gasteiger partial charge in [0.25, 0.3) is 23.8 Å². The number of methoxy groups -OCH3 is 5. The monoisotopic (exact) mass is 2030 g/mol. The average molecular weight is 2040 g/mol. The Labute approximate surface area is 801 Å². The smallest absolute Gasteiger partial charge is 1.00 e. The first-order valence-electron chi connectivity index (χ1n) is 34.7. The molecule has 0 bridgehead atoms. The van der Waals surface area contributed by atoms with Gasteiger partial charge in [-0.05, 0) is 90.8 Å². The molecule has 15 rings (SSSR count). The van der Waals surface area contributed by atoms with Crippen molar-refractivity contribution in [2.45, 2.75) is 19.2 Å². The molecule has 9 aromatic heterocycles. The van der Waals surface area contributed by atoms with E-state index in [-0.39, 0.29) is 118 Å². The van der Waals surface area contributed by atoms with Crippen LogP contribution >= 0.6 is 86.9 Å². The fourth-order valence-electron chi connectivity index (χ4n) is 9.97. The molecule has 0 saturated carbocycles. The minimum absolute atomic E-state index is 0. The first kappa shape index (κ1) is 108. The number of anilines is 3. The fraction of sp³-hybridized carbons (Fsp3) is 0.141. The van der Waals surface area contributed by atoms with Crippen molar-refractivity contribution in [1.82, 2.24) is 90.9 Å². The molecule has 0 atom stereocenters. The number of nitrogen functional groups attached to an aromatic ring is 1. The van der Waals surface area contributed by atoms with Crippen LogP contribution in [0.15, 0.2) is 210 Å². The van der Waals surface area contributed by atoms with Gasteiger partial charge in [0.2, 0.25) is 0 Å². The third-order valence-electron chi connectivity index (χ3n) is 15.0. The summed E-state index contributed by atoms with van der Waals surface area (Å²) >= 11 is 23.4. The number of carbonyl (C=O) groups is 3. The molecule has 0 saturated heterocycles. The summed E-state index contributed by atoms with van der Waals surface area (Å²) in [6.45, 7) is 1.52. The van der Waals surface area contributed by atoms with Crippen LogP contribution in [0.2, 0.25) is 0 Å². The number of carbonyl (C=O) groups excluding carboxylic acids is 2. The third-order valence-corrected chi connectivity index (χ3v) is 16.8. The minimum Gasteiger partial charge on any atom is -1.00 e. The third kappa shape index (κ3) is 31.4. The number of aromatic nitrogens is 17. The zero-order chi connectivity index (χ0) is 89.5. The summed E-state index contributed by atoms with van der Waals surface area (Å²) in [6.07, 6.45) is 22.7. The topological polar surface area (TPSA) is 562 Å². The Morgan fingerprint density at radius 3 is 1.34 bits per heavy atom. The number of H-pyrrole nitrogens is 1. The van der Waals surface area contributed by atoms with Gasteiger partial charge in [0.1, 0.15) is 95.9 Å². The van der Waals surface area contributed by atoms with E-state index in [4.69, 9.17) is 79.3 Å². The second-order valence-electron chi connectivity index (χ2n) is 22.5. The van der Waals surface area contributed by atoms with Gasteiger partial charge in [-0.15, -0.1) is 23.2 Å². The van der Waals surface area contributed by atoms with Gasteiger partial charge >= 0.3 is 70.7 Å². The van der Waals surface area contributed by atoms with Crippen LogP contribution in [0, 0.1) is 5.82 Å².